The summed E-state index contributed by atoms with van der Waals surface area (Å²) in [6, 6.07) is 3.25. The maximum Gasteiger partial charge on any atom is 0.320 e. The van der Waals surface area contributed by atoms with Gasteiger partial charge in [0.15, 0.2) is 0 Å². The van der Waals surface area contributed by atoms with Gasteiger partial charge >= 0.3 is 5.97 Å². The van der Waals surface area contributed by atoms with Gasteiger partial charge in [-0.1, -0.05) is 6.07 Å². The second kappa shape index (κ2) is 10.5. The van der Waals surface area contributed by atoms with Crippen molar-refractivity contribution in [3.8, 4) is 0 Å². The van der Waals surface area contributed by atoms with E-state index in [-0.39, 0.29) is 19.5 Å². The molecule has 1 aliphatic rings. The van der Waals surface area contributed by atoms with E-state index in [4.69, 9.17) is 15.8 Å². The quantitative estimate of drug-likeness (QED) is 0.586. The first kappa shape index (κ1) is 20.7. The van der Waals surface area contributed by atoms with Gasteiger partial charge in [-0.05, 0) is 69.5 Å². The Morgan fingerprint density at radius 1 is 1.23 bits per heavy atom. The zero-order valence-corrected chi connectivity index (χ0v) is 15.2. The smallest absolute Gasteiger partial charge is 0.320 e. The number of alkyl halides is 2. The summed E-state index contributed by atoms with van der Waals surface area (Å²) in [5.74, 6) is -1.10. The van der Waals surface area contributed by atoms with E-state index in [1.165, 1.54) is 24.1 Å². The molecule has 0 unspecified atom stereocenters. The number of aryl methyl sites for hydroxylation is 3. The maximum absolute atomic E-state index is 12.7. The first-order valence-electron chi connectivity index (χ1n) is 9.42. The third-order valence-electron chi connectivity index (χ3n) is 4.86. The van der Waals surface area contributed by atoms with Crippen molar-refractivity contribution >= 4 is 5.97 Å². The molecule has 7 heteroatoms. The third-order valence-corrected chi connectivity index (χ3v) is 4.86. The Bertz CT molecular complexity index is 584. The molecule has 0 amide bonds. The molecule has 0 bridgehead atoms. The van der Waals surface area contributed by atoms with Gasteiger partial charge in [-0.25, -0.2) is 8.78 Å². The number of hydrogen-bond acceptors (Lipinski definition) is 4. The molecule has 0 saturated carbocycles. The number of carbonyl (C=O) groups is 1. The summed E-state index contributed by atoms with van der Waals surface area (Å²) in [5.41, 5.74) is 9.11. The summed E-state index contributed by atoms with van der Waals surface area (Å²) in [7, 11) is 0. The lowest BCUT2D eigenvalue weighted by atomic mass is 9.95. The van der Waals surface area contributed by atoms with Crippen LogP contribution in [0.3, 0.4) is 0 Å². The number of aliphatic carboxylic acids is 1. The van der Waals surface area contributed by atoms with Crippen molar-refractivity contribution in [2.75, 3.05) is 19.6 Å². The van der Waals surface area contributed by atoms with Crippen LogP contribution in [-0.2, 0) is 24.1 Å². The number of carboxylic acid groups (broad SMARTS) is 1. The lowest BCUT2D eigenvalue weighted by molar-refractivity contribution is -0.138. The molecule has 0 fully saturated rings. The fraction of sp³-hybridized carbons (Fsp3) is 0.684. The lowest BCUT2D eigenvalue weighted by Crippen LogP contribution is -2.37. The van der Waals surface area contributed by atoms with Crippen LogP contribution in [-0.4, -0.2) is 53.1 Å². The number of nitrogens with zero attached hydrogens (tertiary/aromatic N) is 2. The predicted molar refractivity (Wildman–Crippen MR) is 96.5 cm³/mol. The van der Waals surface area contributed by atoms with E-state index in [1.807, 2.05) is 0 Å². The first-order valence-corrected chi connectivity index (χ1v) is 9.42. The van der Waals surface area contributed by atoms with Crippen molar-refractivity contribution in [3.05, 3.63) is 29.1 Å². The molecule has 26 heavy (non-hydrogen) atoms. The van der Waals surface area contributed by atoms with Crippen LogP contribution in [0.1, 0.15) is 49.1 Å². The van der Waals surface area contributed by atoms with Gasteiger partial charge in [0.25, 0.3) is 6.43 Å². The number of nitrogens with two attached hydrogens (primary N) is 1. The van der Waals surface area contributed by atoms with Crippen molar-refractivity contribution in [3.63, 3.8) is 0 Å². The molecule has 2 rings (SSSR count). The van der Waals surface area contributed by atoms with Crippen LogP contribution in [0.15, 0.2) is 12.1 Å². The number of carboxylic acids is 1. The molecule has 1 atom stereocenters. The van der Waals surface area contributed by atoms with Gasteiger partial charge in [0.2, 0.25) is 0 Å². The molecule has 0 saturated heterocycles. The van der Waals surface area contributed by atoms with Gasteiger partial charge in [0.05, 0.1) is 6.54 Å². The Morgan fingerprint density at radius 2 is 2.00 bits per heavy atom. The number of pyridine rings is 1. The average Bonchev–Trinajstić information content (AvgIpc) is 2.62. The predicted octanol–water partition coefficient (Wildman–Crippen LogP) is 2.65. The van der Waals surface area contributed by atoms with E-state index in [2.05, 4.69) is 12.1 Å². The van der Waals surface area contributed by atoms with Crippen LogP contribution in [0.2, 0.25) is 0 Å². The molecule has 1 aromatic rings. The van der Waals surface area contributed by atoms with Crippen LogP contribution in [0.5, 0.6) is 0 Å². The zero-order chi connectivity index (χ0) is 18.9. The van der Waals surface area contributed by atoms with Gasteiger partial charge in [-0.3, -0.25) is 14.7 Å². The Morgan fingerprint density at radius 3 is 2.73 bits per heavy atom. The molecule has 3 N–H and O–H groups in total. The SMILES string of the molecule is N[C@@H](CCN(CCCCc1ccc2c(n1)CCCC2)CC(F)F)C(=O)O. The second-order valence-electron chi connectivity index (χ2n) is 7.00. The third kappa shape index (κ3) is 6.96. The summed E-state index contributed by atoms with van der Waals surface area (Å²) in [4.78, 5) is 17.1. The van der Waals surface area contributed by atoms with Gasteiger partial charge in [-0.15, -0.1) is 0 Å². The standard InChI is InChI=1S/C19H29F2N3O2/c20-18(21)13-24(12-10-16(22)19(25)26)11-4-3-6-15-9-8-14-5-1-2-7-17(14)23-15/h8-9,16,18H,1-7,10-13,22H2,(H,25,26)/t16-/m0/s1. The van der Waals surface area contributed by atoms with Crippen molar-refractivity contribution in [2.24, 2.45) is 5.73 Å². The van der Waals surface area contributed by atoms with Crippen LogP contribution in [0.4, 0.5) is 8.78 Å². The summed E-state index contributed by atoms with van der Waals surface area (Å²) in [5, 5.41) is 8.80. The molecule has 1 aromatic heterocycles. The van der Waals surface area contributed by atoms with Crippen molar-refractivity contribution in [2.45, 2.75) is 63.8 Å². The Kier molecular flexibility index (Phi) is 8.38. The Labute approximate surface area is 153 Å². The highest BCUT2D eigenvalue weighted by Gasteiger charge is 2.17. The van der Waals surface area contributed by atoms with E-state index in [9.17, 15) is 13.6 Å². The summed E-state index contributed by atoms with van der Waals surface area (Å²) >= 11 is 0. The van der Waals surface area contributed by atoms with Crippen LogP contribution >= 0.6 is 0 Å². The molecule has 0 spiro atoms. The number of rotatable bonds is 11. The van der Waals surface area contributed by atoms with Crippen LogP contribution in [0.25, 0.3) is 0 Å². The highest BCUT2D eigenvalue weighted by molar-refractivity contribution is 5.72. The number of fused-ring (bicyclic) bond motifs is 1. The highest BCUT2D eigenvalue weighted by Crippen LogP contribution is 2.20. The maximum atomic E-state index is 12.7. The zero-order valence-electron chi connectivity index (χ0n) is 15.2. The normalized spacial score (nSPS) is 15.3. The molecule has 1 heterocycles. The highest BCUT2D eigenvalue weighted by atomic mass is 19.3. The first-order chi connectivity index (χ1) is 12.5. The fourth-order valence-electron chi connectivity index (χ4n) is 3.34. The Balaban J connectivity index is 1.75. The number of halogens is 2. The topological polar surface area (TPSA) is 79.5 Å². The van der Waals surface area contributed by atoms with E-state index in [0.717, 1.165) is 37.8 Å². The molecule has 0 aliphatic heterocycles. The summed E-state index contributed by atoms with van der Waals surface area (Å²) < 4.78 is 25.4. The van der Waals surface area contributed by atoms with E-state index < -0.39 is 18.4 Å². The molecule has 0 radical (unpaired) electrons. The van der Waals surface area contributed by atoms with E-state index in [1.54, 1.807) is 4.90 Å². The Hall–Kier alpha value is -1.60. The molecular weight excluding hydrogens is 340 g/mol. The van der Waals surface area contributed by atoms with E-state index >= 15 is 0 Å². The van der Waals surface area contributed by atoms with Gasteiger partial charge < -0.3 is 10.8 Å². The molecule has 5 nitrogen and oxygen atoms in total. The minimum absolute atomic E-state index is 0.175. The van der Waals surface area contributed by atoms with Gasteiger partial charge in [0, 0.05) is 17.9 Å². The van der Waals surface area contributed by atoms with Crippen molar-refractivity contribution in [1.82, 2.24) is 9.88 Å². The van der Waals surface area contributed by atoms with Gasteiger partial charge in [-0.2, -0.15) is 0 Å². The summed E-state index contributed by atoms with van der Waals surface area (Å²) in [6.07, 6.45) is 4.82. The van der Waals surface area contributed by atoms with Crippen molar-refractivity contribution < 1.29 is 18.7 Å². The molecule has 1 aliphatic carbocycles. The van der Waals surface area contributed by atoms with E-state index in [0.29, 0.717) is 6.54 Å². The monoisotopic (exact) mass is 369 g/mol. The minimum Gasteiger partial charge on any atom is -0.480 e. The largest absolute Gasteiger partial charge is 0.480 e. The average molecular weight is 369 g/mol. The summed E-state index contributed by atoms with van der Waals surface area (Å²) in [6.45, 7) is 0.444. The van der Waals surface area contributed by atoms with Crippen LogP contribution in [0, 0.1) is 0 Å². The fourth-order valence-corrected chi connectivity index (χ4v) is 3.34. The second-order valence-corrected chi connectivity index (χ2v) is 7.00. The number of aromatic nitrogens is 1. The van der Waals surface area contributed by atoms with Crippen molar-refractivity contribution in [1.29, 1.82) is 0 Å². The molecule has 0 aromatic carbocycles. The lowest BCUT2D eigenvalue weighted by Gasteiger charge is -2.22. The number of hydrogen-bond donors (Lipinski definition) is 2. The van der Waals surface area contributed by atoms with Gasteiger partial charge in [0.1, 0.15) is 6.04 Å². The number of unbranched alkanes of at least 4 members (excludes halogenated alkanes) is 1. The van der Waals surface area contributed by atoms with Crippen LogP contribution < -0.4 is 5.73 Å². The molecule has 146 valence electrons. The molecular formula is C19H29F2N3O2. The minimum atomic E-state index is -2.43.